The van der Waals surface area contributed by atoms with Crippen LogP contribution in [-0.2, 0) is 0 Å². The van der Waals surface area contributed by atoms with Crippen LogP contribution in [0, 0.1) is 18.8 Å². The van der Waals surface area contributed by atoms with Crippen molar-refractivity contribution in [3.63, 3.8) is 0 Å². The monoisotopic (exact) mass is 299 g/mol. The Hall–Kier alpha value is -2.09. The predicted molar refractivity (Wildman–Crippen MR) is 86.8 cm³/mol. The van der Waals surface area contributed by atoms with Gasteiger partial charge < -0.3 is 10.0 Å². The van der Waals surface area contributed by atoms with E-state index in [0.717, 1.165) is 16.1 Å². The molecule has 4 heteroatoms. The summed E-state index contributed by atoms with van der Waals surface area (Å²) in [7, 11) is 0. The molecule has 1 N–H and O–H groups in total. The summed E-state index contributed by atoms with van der Waals surface area (Å²) in [4.78, 5) is 15.1. The van der Waals surface area contributed by atoms with Crippen LogP contribution in [0.5, 0.6) is 0 Å². The summed E-state index contributed by atoms with van der Waals surface area (Å²) in [5.74, 6) is 5.38. The largest absolute Gasteiger partial charge is 0.384 e. The molecule has 3 nitrogen and oxygen atoms in total. The summed E-state index contributed by atoms with van der Waals surface area (Å²) in [6.45, 7) is 4.40. The van der Waals surface area contributed by atoms with Crippen LogP contribution in [0.25, 0.3) is 0 Å². The second-order valence-electron chi connectivity index (χ2n) is 4.55. The molecule has 0 aliphatic carbocycles. The van der Waals surface area contributed by atoms with Gasteiger partial charge in [0.05, 0.1) is 10.4 Å². The summed E-state index contributed by atoms with van der Waals surface area (Å²) in [5, 5.41) is 10.5. The molecular formula is C17H17NO2S. The van der Waals surface area contributed by atoms with Gasteiger partial charge >= 0.3 is 0 Å². The van der Waals surface area contributed by atoms with E-state index < -0.39 is 0 Å². The zero-order valence-corrected chi connectivity index (χ0v) is 12.9. The number of rotatable bonds is 3. The van der Waals surface area contributed by atoms with Crippen molar-refractivity contribution in [2.75, 3.05) is 18.1 Å². The predicted octanol–water partition coefficient (Wildman–Crippen LogP) is 3.07. The molecule has 21 heavy (non-hydrogen) atoms. The number of nitrogens with zero attached hydrogens (tertiary/aromatic N) is 1. The molecule has 2 rings (SSSR count). The van der Waals surface area contributed by atoms with Crippen molar-refractivity contribution >= 4 is 22.9 Å². The third-order valence-corrected chi connectivity index (χ3v) is 3.86. The molecule has 1 amide bonds. The molecule has 0 bridgehead atoms. The highest BCUT2D eigenvalue weighted by molar-refractivity contribution is 7.10. The van der Waals surface area contributed by atoms with Crippen molar-refractivity contribution in [3.05, 3.63) is 51.7 Å². The number of hydrogen-bond acceptors (Lipinski definition) is 3. The van der Waals surface area contributed by atoms with Gasteiger partial charge in [0, 0.05) is 17.6 Å². The van der Waals surface area contributed by atoms with Crippen molar-refractivity contribution in [2.24, 2.45) is 0 Å². The van der Waals surface area contributed by atoms with E-state index in [2.05, 4.69) is 11.8 Å². The Labute approximate surface area is 128 Å². The van der Waals surface area contributed by atoms with Crippen molar-refractivity contribution in [3.8, 4) is 11.8 Å². The van der Waals surface area contributed by atoms with Gasteiger partial charge in [-0.15, -0.1) is 11.3 Å². The van der Waals surface area contributed by atoms with E-state index in [1.54, 1.807) is 11.0 Å². The van der Waals surface area contributed by atoms with E-state index in [-0.39, 0.29) is 12.5 Å². The number of anilines is 1. The molecule has 0 saturated carbocycles. The Morgan fingerprint density at radius 1 is 1.38 bits per heavy atom. The van der Waals surface area contributed by atoms with Gasteiger partial charge in [0.25, 0.3) is 5.91 Å². The lowest BCUT2D eigenvalue weighted by Gasteiger charge is -2.20. The molecule has 0 atom stereocenters. The topological polar surface area (TPSA) is 40.5 Å². The van der Waals surface area contributed by atoms with Crippen molar-refractivity contribution < 1.29 is 9.90 Å². The Bertz CT molecular complexity index is 694. The first-order valence-electron chi connectivity index (χ1n) is 6.72. The van der Waals surface area contributed by atoms with E-state index >= 15 is 0 Å². The Morgan fingerprint density at radius 3 is 2.86 bits per heavy atom. The highest BCUT2D eigenvalue weighted by Gasteiger charge is 2.17. The van der Waals surface area contributed by atoms with Gasteiger partial charge in [0.2, 0.25) is 0 Å². The van der Waals surface area contributed by atoms with E-state index in [1.165, 1.54) is 11.3 Å². The van der Waals surface area contributed by atoms with Crippen molar-refractivity contribution in [1.29, 1.82) is 0 Å². The molecule has 0 fully saturated rings. The fourth-order valence-electron chi connectivity index (χ4n) is 2.04. The highest BCUT2D eigenvalue weighted by Crippen LogP contribution is 2.21. The average Bonchev–Trinajstić information content (AvgIpc) is 2.94. The molecule has 1 heterocycles. The van der Waals surface area contributed by atoms with Gasteiger partial charge in [-0.25, -0.2) is 0 Å². The van der Waals surface area contributed by atoms with Crippen LogP contribution < -0.4 is 4.90 Å². The lowest BCUT2D eigenvalue weighted by atomic mass is 10.2. The number of carbonyl (C=O) groups is 1. The minimum atomic E-state index is -0.175. The highest BCUT2D eigenvalue weighted by atomic mass is 32.1. The second kappa shape index (κ2) is 7.07. The maximum atomic E-state index is 12.6. The molecule has 1 aromatic heterocycles. The van der Waals surface area contributed by atoms with Gasteiger partial charge in [-0.3, -0.25) is 4.79 Å². The smallest absolute Gasteiger partial charge is 0.259 e. The third kappa shape index (κ3) is 3.72. The Morgan fingerprint density at radius 2 is 2.19 bits per heavy atom. The molecule has 0 unspecified atom stereocenters. The fourth-order valence-corrected chi connectivity index (χ4v) is 2.78. The van der Waals surface area contributed by atoms with Crippen molar-refractivity contribution in [1.82, 2.24) is 0 Å². The number of hydrogen-bond donors (Lipinski definition) is 1. The molecule has 1 aromatic carbocycles. The molecule has 108 valence electrons. The van der Waals surface area contributed by atoms with E-state index in [1.807, 2.05) is 43.5 Å². The maximum absolute atomic E-state index is 12.6. The molecule has 0 saturated heterocycles. The number of benzene rings is 1. The minimum absolute atomic E-state index is 0.0311. The molecular weight excluding hydrogens is 282 g/mol. The first kappa shape index (κ1) is 15.3. The Balaban J connectivity index is 2.26. The van der Waals surface area contributed by atoms with Gasteiger partial charge in [-0.1, -0.05) is 24.0 Å². The van der Waals surface area contributed by atoms with Crippen LogP contribution in [0.4, 0.5) is 5.69 Å². The number of amides is 1. The van der Waals surface area contributed by atoms with E-state index in [0.29, 0.717) is 12.1 Å². The lowest BCUT2D eigenvalue weighted by molar-refractivity contribution is 0.0988. The zero-order chi connectivity index (χ0) is 15.2. The second-order valence-corrected chi connectivity index (χ2v) is 5.46. The SMILES string of the molecule is CCN(C(=O)c1csc(C#CCO)c1)c1cccc(C)c1. The number of aliphatic hydroxyl groups excluding tert-OH is 1. The fraction of sp³-hybridized carbons (Fsp3) is 0.235. The number of thiophene rings is 1. The first-order chi connectivity index (χ1) is 10.2. The molecule has 0 spiro atoms. The number of aryl methyl sites for hydroxylation is 1. The first-order valence-corrected chi connectivity index (χ1v) is 7.60. The van der Waals surface area contributed by atoms with Crippen LogP contribution >= 0.6 is 11.3 Å². The van der Waals surface area contributed by atoms with E-state index in [9.17, 15) is 4.79 Å². The maximum Gasteiger partial charge on any atom is 0.259 e. The Kier molecular flexibility index (Phi) is 5.15. The molecule has 0 radical (unpaired) electrons. The van der Waals surface area contributed by atoms with Gasteiger partial charge in [-0.05, 0) is 37.6 Å². The van der Waals surface area contributed by atoms with Crippen LogP contribution in [0.1, 0.15) is 27.7 Å². The van der Waals surface area contributed by atoms with Crippen LogP contribution in [-0.4, -0.2) is 24.2 Å². The van der Waals surface area contributed by atoms with E-state index in [4.69, 9.17) is 5.11 Å². The van der Waals surface area contributed by atoms with Gasteiger partial charge in [0.1, 0.15) is 6.61 Å². The lowest BCUT2D eigenvalue weighted by Crippen LogP contribution is -2.30. The number of aliphatic hydroxyl groups is 1. The summed E-state index contributed by atoms with van der Waals surface area (Å²) in [5.41, 5.74) is 2.65. The summed E-state index contributed by atoms with van der Waals surface area (Å²) in [6, 6.07) is 9.67. The van der Waals surface area contributed by atoms with Crippen LogP contribution in [0.15, 0.2) is 35.7 Å². The molecule has 0 aliphatic rings. The molecule has 2 aromatic rings. The van der Waals surface area contributed by atoms with Crippen LogP contribution in [0.3, 0.4) is 0 Å². The molecule has 0 aliphatic heterocycles. The zero-order valence-electron chi connectivity index (χ0n) is 12.1. The summed E-state index contributed by atoms with van der Waals surface area (Å²) in [6.07, 6.45) is 0. The quantitative estimate of drug-likeness (QED) is 0.885. The van der Waals surface area contributed by atoms with Crippen molar-refractivity contribution in [2.45, 2.75) is 13.8 Å². The third-order valence-electron chi connectivity index (χ3n) is 3.01. The number of carbonyl (C=O) groups excluding carboxylic acids is 1. The summed E-state index contributed by atoms with van der Waals surface area (Å²) >= 11 is 1.41. The van der Waals surface area contributed by atoms with Gasteiger partial charge in [0.15, 0.2) is 0 Å². The normalized spacial score (nSPS) is 9.86. The minimum Gasteiger partial charge on any atom is -0.384 e. The van der Waals surface area contributed by atoms with Gasteiger partial charge in [-0.2, -0.15) is 0 Å². The standard InChI is InChI=1S/C17H17NO2S/c1-3-18(15-7-4-6-13(2)10-15)17(20)14-11-16(21-12-14)8-5-9-19/h4,6-7,10-12,19H,3,9H2,1-2H3. The van der Waals surface area contributed by atoms with Crippen LogP contribution in [0.2, 0.25) is 0 Å². The summed E-state index contributed by atoms with van der Waals surface area (Å²) < 4.78 is 0. The average molecular weight is 299 g/mol.